The van der Waals surface area contributed by atoms with Crippen molar-refractivity contribution in [3.63, 3.8) is 0 Å². The van der Waals surface area contributed by atoms with Gasteiger partial charge in [0, 0.05) is 40.9 Å². The van der Waals surface area contributed by atoms with Crippen molar-refractivity contribution in [1.29, 1.82) is 0 Å². The van der Waals surface area contributed by atoms with Crippen LogP contribution in [0.4, 0.5) is 14.5 Å². The molecule has 4 aromatic rings. The highest BCUT2D eigenvalue weighted by atomic mass is 35.5. The highest BCUT2D eigenvalue weighted by Crippen LogP contribution is 2.40. The van der Waals surface area contributed by atoms with Crippen LogP contribution in [0, 0.1) is 5.92 Å². The number of primary amides is 1. The number of carbonyl (C=O) groups excluding carboxylic acids is 2. The van der Waals surface area contributed by atoms with Gasteiger partial charge in [0.1, 0.15) is 5.75 Å². The molecule has 8 nitrogen and oxygen atoms in total. The van der Waals surface area contributed by atoms with Crippen molar-refractivity contribution >= 4 is 51.1 Å². The monoisotopic (exact) mass is 694 g/mol. The Balaban J connectivity index is 1.36. The number of fused-ring (bicyclic) bond motifs is 1. The lowest BCUT2D eigenvalue weighted by Crippen LogP contribution is -2.58. The second-order valence-corrected chi connectivity index (χ2v) is 13.6. The smallest absolute Gasteiger partial charge is 0.303 e. The van der Waals surface area contributed by atoms with Crippen molar-refractivity contribution < 1.29 is 31.9 Å². The zero-order valence-corrected chi connectivity index (χ0v) is 27.6. The third-order valence-electron chi connectivity index (χ3n) is 9.28. The summed E-state index contributed by atoms with van der Waals surface area (Å²) in [5.41, 5.74) is 6.20. The lowest BCUT2D eigenvalue weighted by molar-refractivity contribution is -0.145. The average molecular weight is 695 g/mol. The molecule has 252 valence electrons. The van der Waals surface area contributed by atoms with Gasteiger partial charge in [-0.15, -0.1) is 0 Å². The molecule has 12 heteroatoms. The first-order valence-corrected chi connectivity index (χ1v) is 17.3. The van der Waals surface area contributed by atoms with E-state index in [-0.39, 0.29) is 37.7 Å². The predicted octanol–water partition coefficient (Wildman–Crippen LogP) is 6.97. The highest BCUT2D eigenvalue weighted by molar-refractivity contribution is 7.80. The molecular weight excluding hydrogens is 660 g/mol. The summed E-state index contributed by atoms with van der Waals surface area (Å²) in [6.07, 6.45) is 4.72. The molecule has 2 N–H and O–H groups in total. The molecule has 0 aromatic heterocycles. The van der Waals surface area contributed by atoms with Crippen LogP contribution in [0.15, 0.2) is 84.9 Å². The molecule has 2 unspecified atom stereocenters. The number of alkyl halides is 2. The second-order valence-electron chi connectivity index (χ2n) is 12.4. The number of piperidine rings is 1. The fourth-order valence-corrected chi connectivity index (χ4v) is 7.39. The van der Waals surface area contributed by atoms with Gasteiger partial charge in [-0.05, 0) is 96.8 Å². The SMILES string of the molecule is NC(=O)C1CCN(C(=O)C(N(c2ccc3cc(OC4CCCC4)ccc3c2)S(=O)[O-])C(F)(F)c2ccc(-c3ccc(Cl)cc3)cc2)CC1. The molecule has 0 spiro atoms. The average Bonchev–Trinajstić information content (AvgIpc) is 3.60. The Hall–Kier alpha value is -4.06. The van der Waals surface area contributed by atoms with Gasteiger partial charge >= 0.3 is 5.92 Å². The van der Waals surface area contributed by atoms with Crippen LogP contribution in [0.3, 0.4) is 0 Å². The molecule has 0 bridgehead atoms. The molecule has 6 rings (SSSR count). The normalized spacial score (nSPS) is 17.3. The molecule has 1 aliphatic heterocycles. The van der Waals surface area contributed by atoms with Crippen LogP contribution < -0.4 is 14.8 Å². The van der Waals surface area contributed by atoms with Crippen molar-refractivity contribution in [2.24, 2.45) is 11.7 Å². The van der Waals surface area contributed by atoms with Crippen LogP contribution in [-0.2, 0) is 26.8 Å². The van der Waals surface area contributed by atoms with E-state index in [0.29, 0.717) is 26.0 Å². The summed E-state index contributed by atoms with van der Waals surface area (Å²) in [4.78, 5) is 27.0. The zero-order valence-electron chi connectivity index (χ0n) is 26.0. The Morgan fingerprint density at radius 3 is 2.08 bits per heavy atom. The van der Waals surface area contributed by atoms with Crippen LogP contribution in [0.25, 0.3) is 21.9 Å². The van der Waals surface area contributed by atoms with Crippen molar-refractivity contribution in [2.75, 3.05) is 17.4 Å². The van der Waals surface area contributed by atoms with Gasteiger partial charge in [0.15, 0.2) is 6.04 Å². The van der Waals surface area contributed by atoms with E-state index in [2.05, 4.69) is 0 Å². The molecule has 4 aromatic carbocycles. The van der Waals surface area contributed by atoms with Crippen LogP contribution >= 0.6 is 11.6 Å². The quantitative estimate of drug-likeness (QED) is 0.180. The first-order valence-electron chi connectivity index (χ1n) is 15.9. The van der Waals surface area contributed by atoms with Gasteiger partial charge in [0.25, 0.3) is 5.91 Å². The molecule has 1 saturated carbocycles. The van der Waals surface area contributed by atoms with E-state index in [1.807, 2.05) is 6.07 Å². The number of anilines is 1. The number of hydrogen-bond acceptors (Lipinski definition) is 5. The van der Waals surface area contributed by atoms with E-state index in [0.717, 1.165) is 36.6 Å². The number of nitrogens with zero attached hydrogens (tertiary/aromatic N) is 2. The van der Waals surface area contributed by atoms with Crippen molar-refractivity contribution in [1.82, 2.24) is 4.90 Å². The molecule has 48 heavy (non-hydrogen) atoms. The third-order valence-corrected chi connectivity index (χ3v) is 10.3. The Kier molecular flexibility index (Phi) is 10.0. The Morgan fingerprint density at radius 1 is 0.896 bits per heavy atom. The molecule has 1 aliphatic carbocycles. The number of likely N-dealkylation sites (tertiary alicyclic amines) is 1. The molecule has 2 aliphatic rings. The maximum atomic E-state index is 16.8. The number of benzene rings is 4. The van der Waals surface area contributed by atoms with E-state index >= 15 is 8.78 Å². The minimum Gasteiger partial charge on any atom is -0.755 e. The number of carbonyl (C=O) groups is 2. The molecular formula is C36H35ClF2N3O5S-. The summed E-state index contributed by atoms with van der Waals surface area (Å²) < 4.78 is 66.0. The largest absolute Gasteiger partial charge is 0.755 e. The molecule has 0 radical (unpaired) electrons. The number of hydrogen-bond donors (Lipinski definition) is 1. The molecule has 2 fully saturated rings. The lowest BCUT2D eigenvalue weighted by atomic mass is 9.93. The van der Waals surface area contributed by atoms with E-state index in [1.54, 1.807) is 42.5 Å². The summed E-state index contributed by atoms with van der Waals surface area (Å²) in [6.45, 7) is -0.0370. The summed E-state index contributed by atoms with van der Waals surface area (Å²) in [5, 5.41) is 1.85. The van der Waals surface area contributed by atoms with Gasteiger partial charge in [-0.25, -0.2) is 0 Å². The maximum Gasteiger partial charge on any atom is 0.303 e. The topological polar surface area (TPSA) is 116 Å². The highest BCUT2D eigenvalue weighted by Gasteiger charge is 2.52. The Labute approximate surface area is 285 Å². The van der Waals surface area contributed by atoms with Crippen molar-refractivity contribution in [3.05, 3.63) is 95.5 Å². The van der Waals surface area contributed by atoms with E-state index in [9.17, 15) is 18.4 Å². The number of ether oxygens (including phenoxy) is 1. The molecule has 2 amide bonds. The first-order chi connectivity index (χ1) is 23.0. The third kappa shape index (κ3) is 7.18. The summed E-state index contributed by atoms with van der Waals surface area (Å²) in [5.74, 6) is -5.40. The van der Waals surface area contributed by atoms with Crippen LogP contribution in [-0.4, -0.2) is 50.7 Å². The number of nitrogens with two attached hydrogens (primary N) is 1. The fourth-order valence-electron chi connectivity index (χ4n) is 6.59. The zero-order chi connectivity index (χ0) is 34.0. The van der Waals surface area contributed by atoms with Gasteiger partial charge < -0.3 is 19.9 Å². The Morgan fingerprint density at radius 2 is 1.48 bits per heavy atom. The summed E-state index contributed by atoms with van der Waals surface area (Å²) in [6, 6.07) is 19.7. The minimum absolute atomic E-state index is 0.0185. The molecule has 2 atom stereocenters. The molecule has 1 saturated heterocycles. The predicted molar refractivity (Wildman–Crippen MR) is 181 cm³/mol. The van der Waals surface area contributed by atoms with Crippen LogP contribution in [0.2, 0.25) is 5.02 Å². The standard InChI is InChI=1S/C36H36ClF2N3O5S/c37-29-13-7-24(8-14-29)23-5-11-28(12-6-23)36(38,39)33(35(44)41-19-17-25(18-20-41)34(40)43)42(48(45)46)30-15-9-27-22-32(16-10-26(27)21-30)47-31-3-1-2-4-31/h5-16,21-22,25,31,33H,1-4,17-20H2,(H2,40,43)(H,45,46)/p-1. The van der Waals surface area contributed by atoms with Gasteiger partial charge in [-0.1, -0.05) is 60.1 Å². The van der Waals surface area contributed by atoms with E-state index in [1.165, 1.54) is 41.3 Å². The van der Waals surface area contributed by atoms with E-state index < -0.39 is 46.5 Å². The summed E-state index contributed by atoms with van der Waals surface area (Å²) in [7, 11) is 0. The first kappa shape index (κ1) is 33.8. The van der Waals surface area contributed by atoms with Gasteiger partial charge in [0.05, 0.1) is 11.8 Å². The maximum absolute atomic E-state index is 16.8. The fraction of sp³-hybridized carbons (Fsp3) is 0.333. The number of amides is 2. The second kappa shape index (κ2) is 14.2. The summed E-state index contributed by atoms with van der Waals surface area (Å²) >= 11 is 2.71. The number of halogens is 3. The van der Waals surface area contributed by atoms with Crippen LogP contribution in [0.1, 0.15) is 44.1 Å². The van der Waals surface area contributed by atoms with Crippen molar-refractivity contribution in [2.45, 2.75) is 56.6 Å². The van der Waals surface area contributed by atoms with Crippen molar-refractivity contribution in [3.8, 4) is 16.9 Å². The van der Waals surface area contributed by atoms with Gasteiger partial charge in [-0.3, -0.25) is 18.1 Å². The minimum atomic E-state index is -3.97. The number of rotatable bonds is 10. The van der Waals surface area contributed by atoms with Gasteiger partial charge in [0.2, 0.25) is 5.91 Å². The van der Waals surface area contributed by atoms with Crippen LogP contribution in [0.5, 0.6) is 5.75 Å². The van der Waals surface area contributed by atoms with Gasteiger partial charge in [-0.2, -0.15) is 8.78 Å². The molecule has 1 heterocycles. The van der Waals surface area contributed by atoms with E-state index in [4.69, 9.17) is 22.1 Å². The Bertz CT molecular complexity index is 1810. The lowest BCUT2D eigenvalue weighted by Gasteiger charge is -2.41.